The summed E-state index contributed by atoms with van der Waals surface area (Å²) in [4.78, 5) is 9.17. The lowest BCUT2D eigenvalue weighted by molar-refractivity contribution is 0.253. The fourth-order valence-corrected chi connectivity index (χ4v) is 2.81. The molecule has 130 valence electrons. The molecule has 0 unspecified atom stereocenters. The molecule has 5 nitrogen and oxygen atoms in total. The van der Waals surface area contributed by atoms with Crippen molar-refractivity contribution in [2.24, 2.45) is 4.99 Å². The van der Waals surface area contributed by atoms with Gasteiger partial charge in [0.1, 0.15) is 0 Å². The average Bonchev–Trinajstić information content (AvgIpc) is 2.59. The van der Waals surface area contributed by atoms with E-state index in [1.165, 1.54) is 38.2 Å². The first-order valence-corrected chi connectivity index (χ1v) is 8.24. The average molecular weight is 431 g/mol. The molecule has 6 heteroatoms. The summed E-state index contributed by atoms with van der Waals surface area (Å²) in [5.74, 6) is 0.872. The molecular weight excluding hydrogens is 401 g/mol. The molecule has 2 N–H and O–H groups in total. The lowest BCUT2D eigenvalue weighted by Crippen LogP contribution is -2.46. The largest absolute Gasteiger partial charge is 0.369 e. The molecule has 0 atom stereocenters. The van der Waals surface area contributed by atoms with E-state index < -0.39 is 0 Å². The number of rotatable bonds is 6. The summed E-state index contributed by atoms with van der Waals surface area (Å²) < 4.78 is 0. The van der Waals surface area contributed by atoms with E-state index in [2.05, 4.69) is 55.8 Å². The smallest absolute Gasteiger partial charge is 0.190 e. The third-order valence-electron chi connectivity index (χ3n) is 4.15. The number of nitrogens with zero attached hydrogens (tertiary/aromatic N) is 3. The van der Waals surface area contributed by atoms with Crippen LogP contribution in [0.15, 0.2) is 35.3 Å². The van der Waals surface area contributed by atoms with Crippen LogP contribution >= 0.6 is 24.0 Å². The molecule has 23 heavy (non-hydrogen) atoms. The minimum atomic E-state index is 0. The zero-order valence-electron chi connectivity index (χ0n) is 14.3. The lowest BCUT2D eigenvalue weighted by atomic mass is 10.2. The highest BCUT2D eigenvalue weighted by molar-refractivity contribution is 14.0. The first kappa shape index (κ1) is 20.0. The van der Waals surface area contributed by atoms with Gasteiger partial charge in [0.15, 0.2) is 5.96 Å². The summed E-state index contributed by atoms with van der Waals surface area (Å²) in [7, 11) is 3.69. The Hall–Kier alpha value is -1.02. The van der Waals surface area contributed by atoms with Crippen molar-refractivity contribution in [2.45, 2.75) is 12.8 Å². The van der Waals surface area contributed by atoms with Gasteiger partial charge in [-0.15, -0.1) is 24.0 Å². The number of piperazine rings is 1. The molecule has 1 aromatic rings. The molecule has 1 saturated heterocycles. The molecule has 0 aromatic heterocycles. The van der Waals surface area contributed by atoms with Gasteiger partial charge in [-0.2, -0.15) is 0 Å². The number of guanidine groups is 1. The van der Waals surface area contributed by atoms with Crippen molar-refractivity contribution in [1.82, 2.24) is 15.5 Å². The van der Waals surface area contributed by atoms with Crippen molar-refractivity contribution >= 4 is 35.6 Å². The predicted molar refractivity (Wildman–Crippen MR) is 110 cm³/mol. The van der Waals surface area contributed by atoms with Gasteiger partial charge in [-0.1, -0.05) is 18.2 Å². The SMILES string of the molecule is CN=C(NC)NCCCCN1CCN(c2ccccc2)CC1.I. The van der Waals surface area contributed by atoms with Crippen LogP contribution in [0.5, 0.6) is 0 Å². The van der Waals surface area contributed by atoms with Crippen molar-refractivity contribution in [1.29, 1.82) is 0 Å². The van der Waals surface area contributed by atoms with Crippen LogP contribution in [0.4, 0.5) is 5.69 Å². The summed E-state index contributed by atoms with van der Waals surface area (Å²) >= 11 is 0. The minimum Gasteiger partial charge on any atom is -0.369 e. The maximum atomic E-state index is 4.11. The minimum absolute atomic E-state index is 0. The van der Waals surface area contributed by atoms with Gasteiger partial charge >= 0.3 is 0 Å². The van der Waals surface area contributed by atoms with Gasteiger partial charge in [-0.3, -0.25) is 9.89 Å². The fraction of sp³-hybridized carbons (Fsp3) is 0.588. The highest BCUT2D eigenvalue weighted by atomic mass is 127. The van der Waals surface area contributed by atoms with Crippen LogP contribution in [0, 0.1) is 0 Å². The van der Waals surface area contributed by atoms with Crippen LogP contribution in [0.2, 0.25) is 0 Å². The molecule has 0 spiro atoms. The summed E-state index contributed by atoms with van der Waals surface area (Å²) in [6.07, 6.45) is 2.42. The van der Waals surface area contributed by atoms with Gasteiger partial charge in [0.2, 0.25) is 0 Å². The number of para-hydroxylation sites is 1. The van der Waals surface area contributed by atoms with Gasteiger partial charge in [0.25, 0.3) is 0 Å². The summed E-state index contributed by atoms with van der Waals surface area (Å²) in [6, 6.07) is 10.7. The number of anilines is 1. The van der Waals surface area contributed by atoms with Crippen molar-refractivity contribution in [2.75, 3.05) is 58.3 Å². The van der Waals surface area contributed by atoms with Gasteiger partial charge in [-0.25, -0.2) is 0 Å². The van der Waals surface area contributed by atoms with Crippen molar-refractivity contribution < 1.29 is 0 Å². The number of nitrogens with one attached hydrogen (secondary N) is 2. The third-order valence-corrected chi connectivity index (χ3v) is 4.15. The Labute approximate surface area is 157 Å². The van der Waals surface area contributed by atoms with E-state index in [1.807, 2.05) is 7.05 Å². The molecule has 0 radical (unpaired) electrons. The first-order chi connectivity index (χ1) is 10.8. The van der Waals surface area contributed by atoms with E-state index in [4.69, 9.17) is 0 Å². The topological polar surface area (TPSA) is 42.9 Å². The van der Waals surface area contributed by atoms with Crippen LogP contribution in [0.3, 0.4) is 0 Å². The van der Waals surface area contributed by atoms with Gasteiger partial charge < -0.3 is 15.5 Å². The Kier molecular flexibility index (Phi) is 10.0. The molecule has 0 saturated carbocycles. The van der Waals surface area contributed by atoms with Crippen LogP contribution in [-0.4, -0.2) is 64.2 Å². The normalized spacial score (nSPS) is 15.9. The van der Waals surface area contributed by atoms with E-state index >= 15 is 0 Å². The predicted octanol–water partition coefficient (Wildman–Crippen LogP) is 2.00. The Morgan fingerprint density at radius 2 is 1.78 bits per heavy atom. The van der Waals surface area contributed by atoms with Crippen LogP contribution in [0.25, 0.3) is 0 Å². The molecule has 1 aromatic carbocycles. The van der Waals surface area contributed by atoms with Crippen LogP contribution in [-0.2, 0) is 0 Å². The maximum absolute atomic E-state index is 4.11. The molecule has 1 fully saturated rings. The zero-order chi connectivity index (χ0) is 15.6. The Balaban J connectivity index is 0.00000264. The lowest BCUT2D eigenvalue weighted by Gasteiger charge is -2.36. The van der Waals surface area contributed by atoms with Gasteiger partial charge in [0, 0.05) is 52.5 Å². The molecule has 2 rings (SSSR count). The molecule has 0 amide bonds. The quantitative estimate of drug-likeness (QED) is 0.313. The molecule has 0 aliphatic carbocycles. The third kappa shape index (κ3) is 6.95. The highest BCUT2D eigenvalue weighted by Gasteiger charge is 2.16. The summed E-state index contributed by atoms with van der Waals surface area (Å²) in [5, 5.41) is 6.33. The van der Waals surface area contributed by atoms with E-state index in [0.717, 1.165) is 25.6 Å². The summed E-state index contributed by atoms with van der Waals surface area (Å²) in [5.41, 5.74) is 1.35. The van der Waals surface area contributed by atoms with E-state index in [-0.39, 0.29) is 24.0 Å². The Bertz CT molecular complexity index is 444. The summed E-state index contributed by atoms with van der Waals surface area (Å²) in [6.45, 7) is 6.78. The van der Waals surface area contributed by atoms with Crippen molar-refractivity contribution in [3.8, 4) is 0 Å². The second-order valence-corrected chi connectivity index (χ2v) is 5.62. The van der Waals surface area contributed by atoms with E-state index in [1.54, 1.807) is 7.05 Å². The van der Waals surface area contributed by atoms with Gasteiger partial charge in [-0.05, 0) is 31.5 Å². The van der Waals surface area contributed by atoms with Crippen LogP contribution in [0.1, 0.15) is 12.8 Å². The zero-order valence-corrected chi connectivity index (χ0v) is 16.6. The second-order valence-electron chi connectivity index (χ2n) is 5.62. The Morgan fingerprint density at radius 3 is 2.39 bits per heavy atom. The number of unbranched alkanes of at least 4 members (excludes halogenated alkanes) is 1. The second kappa shape index (κ2) is 11.5. The van der Waals surface area contributed by atoms with E-state index in [0.29, 0.717) is 0 Å². The molecule has 1 aliphatic rings. The van der Waals surface area contributed by atoms with Gasteiger partial charge in [0.05, 0.1) is 0 Å². The monoisotopic (exact) mass is 431 g/mol. The van der Waals surface area contributed by atoms with Crippen molar-refractivity contribution in [3.63, 3.8) is 0 Å². The molecular formula is C17H30IN5. The fourth-order valence-electron chi connectivity index (χ4n) is 2.81. The number of benzene rings is 1. The molecule has 0 bridgehead atoms. The molecule has 1 aliphatic heterocycles. The number of hydrogen-bond acceptors (Lipinski definition) is 3. The standard InChI is InChI=1S/C17H29N5.HI/c1-18-17(19-2)20-10-6-7-11-21-12-14-22(15-13-21)16-8-4-3-5-9-16;/h3-5,8-9H,6-7,10-15H2,1-2H3,(H2,18,19,20);1H. The Morgan fingerprint density at radius 1 is 1.09 bits per heavy atom. The number of hydrogen-bond donors (Lipinski definition) is 2. The van der Waals surface area contributed by atoms with Crippen LogP contribution < -0.4 is 15.5 Å². The number of aliphatic imine (C=N–C) groups is 1. The first-order valence-electron chi connectivity index (χ1n) is 8.24. The van der Waals surface area contributed by atoms with E-state index in [9.17, 15) is 0 Å². The van der Waals surface area contributed by atoms with Crippen molar-refractivity contribution in [3.05, 3.63) is 30.3 Å². The number of halogens is 1. The highest BCUT2D eigenvalue weighted by Crippen LogP contribution is 2.15. The molecule has 1 heterocycles. The maximum Gasteiger partial charge on any atom is 0.190 e.